The van der Waals surface area contributed by atoms with Gasteiger partial charge in [-0.05, 0) is 49.7 Å². The Morgan fingerprint density at radius 2 is 1.85 bits per heavy atom. The lowest BCUT2D eigenvalue weighted by molar-refractivity contribution is -0.110. The van der Waals surface area contributed by atoms with Crippen molar-refractivity contribution in [2.24, 2.45) is 0 Å². The van der Waals surface area contributed by atoms with Crippen molar-refractivity contribution in [2.45, 2.75) is 58.6 Å². The third-order valence-corrected chi connectivity index (χ3v) is 4.28. The van der Waals surface area contributed by atoms with Crippen molar-refractivity contribution in [3.63, 3.8) is 0 Å². The van der Waals surface area contributed by atoms with Crippen molar-refractivity contribution in [3.05, 3.63) is 35.9 Å². The molecule has 1 N–H and O–H groups in total. The van der Waals surface area contributed by atoms with E-state index in [9.17, 15) is 4.79 Å². The van der Waals surface area contributed by atoms with Gasteiger partial charge < -0.3 is 19.4 Å². The largest absolute Gasteiger partial charge is 0.494 e. The highest BCUT2D eigenvalue weighted by atomic mass is 16.7. The van der Waals surface area contributed by atoms with Gasteiger partial charge in [0.2, 0.25) is 6.41 Å². The van der Waals surface area contributed by atoms with E-state index in [0.29, 0.717) is 6.61 Å². The minimum atomic E-state index is -0.259. The molecule has 150 valence electrons. The number of rotatable bonds is 4. The van der Waals surface area contributed by atoms with E-state index in [1.165, 1.54) is 11.1 Å². The maximum Gasteiger partial charge on any atom is 0.494 e. The SMILES string of the molecule is CC.CC1(C)COB(c2ccc(C3=CCC(NC=O)CC3)cc2)O1.COC. The highest BCUT2D eigenvalue weighted by Crippen LogP contribution is 2.27. The molecule has 0 bridgehead atoms. The Bertz CT molecular complexity index is 586. The predicted molar refractivity (Wildman–Crippen MR) is 112 cm³/mol. The van der Waals surface area contributed by atoms with Crippen LogP contribution in [0.15, 0.2) is 30.3 Å². The molecule has 1 atom stereocenters. The van der Waals surface area contributed by atoms with Crippen LogP contribution in [0.25, 0.3) is 5.57 Å². The zero-order chi connectivity index (χ0) is 20.3. The summed E-state index contributed by atoms with van der Waals surface area (Å²) in [6.45, 7) is 8.70. The fourth-order valence-corrected chi connectivity index (χ4v) is 3.00. The van der Waals surface area contributed by atoms with Gasteiger partial charge in [0.05, 0.1) is 12.2 Å². The summed E-state index contributed by atoms with van der Waals surface area (Å²) in [5, 5.41) is 2.85. The van der Waals surface area contributed by atoms with E-state index in [2.05, 4.69) is 40.4 Å². The molecule has 1 aromatic rings. The van der Waals surface area contributed by atoms with Crippen molar-refractivity contribution >= 4 is 24.6 Å². The maximum atomic E-state index is 10.5. The van der Waals surface area contributed by atoms with Crippen molar-refractivity contribution in [3.8, 4) is 0 Å². The number of hydrogen-bond donors (Lipinski definition) is 1. The monoisotopic (exact) mass is 375 g/mol. The Kier molecular flexibility index (Phi) is 10.4. The highest BCUT2D eigenvalue weighted by Gasteiger charge is 2.37. The molecule has 1 fully saturated rings. The van der Waals surface area contributed by atoms with E-state index in [1.807, 2.05) is 27.7 Å². The number of carbonyl (C=O) groups is 1. The van der Waals surface area contributed by atoms with E-state index in [4.69, 9.17) is 9.31 Å². The van der Waals surface area contributed by atoms with E-state index >= 15 is 0 Å². The summed E-state index contributed by atoms with van der Waals surface area (Å²) in [6, 6.07) is 8.71. The Balaban J connectivity index is 0.000000665. The number of allylic oxidation sites excluding steroid dienone is 1. The smallest absolute Gasteiger partial charge is 0.404 e. The van der Waals surface area contributed by atoms with E-state index in [0.717, 1.165) is 31.1 Å². The number of nitrogens with one attached hydrogen (secondary N) is 1. The molecule has 1 amide bonds. The van der Waals surface area contributed by atoms with Crippen molar-refractivity contribution in [1.82, 2.24) is 5.32 Å². The molecule has 27 heavy (non-hydrogen) atoms. The molecule has 2 aliphatic rings. The van der Waals surface area contributed by atoms with Crippen molar-refractivity contribution in [1.29, 1.82) is 0 Å². The van der Waals surface area contributed by atoms with Gasteiger partial charge in [-0.3, -0.25) is 4.79 Å². The summed E-state index contributed by atoms with van der Waals surface area (Å²) in [5.74, 6) is 0. The predicted octanol–water partition coefficient (Wildman–Crippen LogP) is 3.18. The van der Waals surface area contributed by atoms with E-state index < -0.39 is 0 Å². The molecule has 1 saturated heterocycles. The second-order valence-electron chi connectivity index (χ2n) is 7.04. The number of ether oxygens (including phenoxy) is 1. The van der Waals surface area contributed by atoms with Gasteiger partial charge in [-0.1, -0.05) is 44.2 Å². The molecule has 1 heterocycles. The van der Waals surface area contributed by atoms with Gasteiger partial charge in [0.15, 0.2) is 0 Å². The van der Waals surface area contributed by atoms with E-state index in [-0.39, 0.29) is 18.8 Å². The van der Waals surface area contributed by atoms with Crippen LogP contribution in [0, 0.1) is 0 Å². The summed E-state index contributed by atoms with van der Waals surface area (Å²) in [6.07, 6.45) is 5.91. The molecule has 0 aromatic heterocycles. The van der Waals surface area contributed by atoms with Crippen LogP contribution in [-0.2, 0) is 18.8 Å². The first-order valence-electron chi connectivity index (χ1n) is 9.67. The highest BCUT2D eigenvalue weighted by molar-refractivity contribution is 6.61. The van der Waals surface area contributed by atoms with Crippen LogP contribution >= 0.6 is 0 Å². The summed E-state index contributed by atoms with van der Waals surface area (Å²) in [7, 11) is 2.99. The van der Waals surface area contributed by atoms with Crippen LogP contribution in [0.3, 0.4) is 0 Å². The molecule has 6 heteroatoms. The van der Waals surface area contributed by atoms with Gasteiger partial charge in [-0.25, -0.2) is 0 Å². The number of carbonyl (C=O) groups excluding carboxylic acids is 1. The lowest BCUT2D eigenvalue weighted by Crippen LogP contribution is -2.34. The molecule has 1 aliphatic carbocycles. The van der Waals surface area contributed by atoms with Crippen LogP contribution in [0.2, 0.25) is 0 Å². The van der Waals surface area contributed by atoms with Crippen molar-refractivity contribution < 1.29 is 18.8 Å². The molecular weight excluding hydrogens is 341 g/mol. The molecule has 0 saturated carbocycles. The molecule has 5 nitrogen and oxygen atoms in total. The Labute approximate surface area is 164 Å². The Morgan fingerprint density at radius 3 is 2.30 bits per heavy atom. The first-order valence-corrected chi connectivity index (χ1v) is 9.67. The first-order chi connectivity index (χ1) is 13.0. The number of benzene rings is 1. The molecule has 0 radical (unpaired) electrons. The van der Waals surface area contributed by atoms with E-state index in [1.54, 1.807) is 14.2 Å². The maximum absolute atomic E-state index is 10.5. The minimum Gasteiger partial charge on any atom is -0.404 e. The summed E-state index contributed by atoms with van der Waals surface area (Å²) in [4.78, 5) is 10.5. The zero-order valence-electron chi connectivity index (χ0n) is 17.6. The topological polar surface area (TPSA) is 56.8 Å². The third kappa shape index (κ3) is 7.49. The van der Waals surface area contributed by atoms with Crippen LogP contribution < -0.4 is 10.8 Å². The fourth-order valence-electron chi connectivity index (χ4n) is 3.00. The van der Waals surface area contributed by atoms with Gasteiger partial charge in [0, 0.05) is 20.3 Å². The second kappa shape index (κ2) is 12.0. The van der Waals surface area contributed by atoms with Crippen LogP contribution in [0.1, 0.15) is 52.5 Å². The second-order valence-corrected chi connectivity index (χ2v) is 7.04. The Morgan fingerprint density at radius 1 is 1.22 bits per heavy atom. The summed E-state index contributed by atoms with van der Waals surface area (Å²) in [5.41, 5.74) is 3.44. The lowest BCUT2D eigenvalue weighted by Gasteiger charge is -2.21. The molecule has 3 rings (SSSR count). The fraction of sp³-hybridized carbons (Fsp3) is 0.571. The normalized spacial score (nSPS) is 20.4. The minimum absolute atomic E-state index is 0.212. The van der Waals surface area contributed by atoms with Gasteiger partial charge in [0.25, 0.3) is 0 Å². The number of methoxy groups -OCH3 is 1. The van der Waals surface area contributed by atoms with Crippen LogP contribution in [0.5, 0.6) is 0 Å². The standard InChI is InChI=1S/C17H22BNO3.C2H6O.C2H6/c1-17(2)11-21-18(22-17)15-7-3-13(4-8-15)14-5-9-16(10-6-14)19-12-20;1-3-2;1-2/h3-5,7-8,12,16H,6,9-11H2,1-2H3,(H,19,20);1-2H3;1-2H3. The molecular formula is C21H34BNO4. The van der Waals surface area contributed by atoms with Gasteiger partial charge in [0.1, 0.15) is 0 Å². The van der Waals surface area contributed by atoms with Crippen LogP contribution in [0.4, 0.5) is 0 Å². The van der Waals surface area contributed by atoms with Gasteiger partial charge >= 0.3 is 7.12 Å². The Hall–Kier alpha value is -1.63. The summed E-state index contributed by atoms with van der Waals surface area (Å²) < 4.78 is 15.8. The average Bonchev–Trinajstić information content (AvgIpc) is 3.05. The quantitative estimate of drug-likeness (QED) is 0.649. The molecule has 1 aromatic carbocycles. The van der Waals surface area contributed by atoms with Gasteiger partial charge in [-0.2, -0.15) is 0 Å². The summed E-state index contributed by atoms with van der Waals surface area (Å²) >= 11 is 0. The van der Waals surface area contributed by atoms with Crippen molar-refractivity contribution in [2.75, 3.05) is 20.8 Å². The number of hydrogen-bond acceptors (Lipinski definition) is 4. The first kappa shape index (κ1) is 23.4. The average molecular weight is 375 g/mol. The molecule has 0 spiro atoms. The third-order valence-electron chi connectivity index (χ3n) is 4.28. The lowest BCUT2D eigenvalue weighted by atomic mass is 9.78. The number of amides is 1. The molecule has 1 aliphatic heterocycles. The molecule has 1 unspecified atom stereocenters. The zero-order valence-corrected chi connectivity index (χ0v) is 17.6. The van der Waals surface area contributed by atoms with Crippen LogP contribution in [-0.4, -0.2) is 46.0 Å². The van der Waals surface area contributed by atoms with Gasteiger partial charge in [-0.15, -0.1) is 0 Å².